The second-order valence-electron chi connectivity index (χ2n) is 4.12. The summed E-state index contributed by atoms with van der Waals surface area (Å²) in [5, 5.41) is 0. The topological polar surface area (TPSA) is 52.3 Å². The zero-order valence-electron chi connectivity index (χ0n) is 11.3. The van der Waals surface area contributed by atoms with Crippen LogP contribution in [0.2, 0.25) is 0 Å². The van der Waals surface area contributed by atoms with Crippen molar-refractivity contribution in [2.75, 3.05) is 7.11 Å². The van der Waals surface area contributed by atoms with Gasteiger partial charge in [0, 0.05) is 11.8 Å². The molecule has 0 aliphatic heterocycles. The second-order valence-corrected chi connectivity index (χ2v) is 4.12. The van der Waals surface area contributed by atoms with Crippen LogP contribution in [0, 0.1) is 0 Å². The Hall–Kier alpha value is -2.29. The largest absolute Gasteiger partial charge is 0.469 e. The number of ether oxygens (including phenoxy) is 1. The van der Waals surface area contributed by atoms with Crippen LogP contribution in [0.5, 0.6) is 0 Å². The van der Waals surface area contributed by atoms with E-state index in [1.807, 2.05) is 37.3 Å². The van der Waals surface area contributed by atoms with Crippen molar-refractivity contribution in [1.82, 2.24) is 0 Å². The van der Waals surface area contributed by atoms with E-state index in [4.69, 9.17) is 5.73 Å². The Kier molecular flexibility index (Phi) is 5.61. The fourth-order valence-electron chi connectivity index (χ4n) is 1.81. The van der Waals surface area contributed by atoms with Gasteiger partial charge in [-0.15, -0.1) is 0 Å². The molecule has 100 valence electrons. The molecule has 0 aliphatic carbocycles. The molecule has 0 radical (unpaired) electrons. The average Bonchev–Trinajstić information content (AvgIpc) is 2.40. The summed E-state index contributed by atoms with van der Waals surface area (Å²) in [6, 6.07) is 7.69. The third kappa shape index (κ3) is 4.14. The zero-order valence-corrected chi connectivity index (χ0v) is 11.3. The maximum atomic E-state index is 11.3. The molecule has 1 rings (SSSR count). The van der Waals surface area contributed by atoms with Crippen LogP contribution < -0.4 is 5.73 Å². The van der Waals surface area contributed by atoms with Gasteiger partial charge in [0.2, 0.25) is 0 Å². The Morgan fingerprint density at radius 1 is 1.47 bits per heavy atom. The Morgan fingerprint density at radius 3 is 2.79 bits per heavy atom. The van der Waals surface area contributed by atoms with E-state index < -0.39 is 0 Å². The van der Waals surface area contributed by atoms with Crippen molar-refractivity contribution in [2.45, 2.75) is 13.3 Å². The second kappa shape index (κ2) is 7.21. The quantitative estimate of drug-likeness (QED) is 0.652. The minimum atomic E-state index is -0.256. The number of allylic oxidation sites excluding steroid dienone is 4. The van der Waals surface area contributed by atoms with E-state index in [0.717, 1.165) is 22.3 Å². The SMILES string of the molecule is C=C/C=C(C)\C(=C/N)c1cccc(CC(=O)OC)c1. The lowest BCUT2D eigenvalue weighted by molar-refractivity contribution is -0.139. The van der Waals surface area contributed by atoms with Crippen LogP contribution in [0.3, 0.4) is 0 Å². The number of hydrogen-bond acceptors (Lipinski definition) is 3. The Bertz CT molecular complexity index is 527. The van der Waals surface area contributed by atoms with E-state index >= 15 is 0 Å². The van der Waals surface area contributed by atoms with Crippen molar-refractivity contribution in [3.8, 4) is 0 Å². The summed E-state index contributed by atoms with van der Waals surface area (Å²) in [6.45, 7) is 5.64. The maximum absolute atomic E-state index is 11.3. The zero-order chi connectivity index (χ0) is 14.3. The highest BCUT2D eigenvalue weighted by atomic mass is 16.5. The van der Waals surface area contributed by atoms with Gasteiger partial charge in [0.25, 0.3) is 0 Å². The summed E-state index contributed by atoms with van der Waals surface area (Å²) in [6.07, 6.45) is 5.43. The summed E-state index contributed by atoms with van der Waals surface area (Å²) < 4.78 is 4.66. The van der Waals surface area contributed by atoms with Crippen LogP contribution in [-0.4, -0.2) is 13.1 Å². The van der Waals surface area contributed by atoms with Gasteiger partial charge in [-0.3, -0.25) is 4.79 Å². The normalized spacial score (nSPS) is 12.1. The number of methoxy groups -OCH3 is 1. The number of rotatable bonds is 5. The molecule has 0 aliphatic rings. The van der Waals surface area contributed by atoms with Crippen molar-refractivity contribution in [1.29, 1.82) is 0 Å². The lowest BCUT2D eigenvalue weighted by Gasteiger charge is -2.09. The molecule has 0 spiro atoms. The number of esters is 1. The van der Waals surface area contributed by atoms with E-state index in [0.29, 0.717) is 0 Å². The van der Waals surface area contributed by atoms with Crippen LogP contribution in [0.15, 0.2) is 54.8 Å². The van der Waals surface area contributed by atoms with E-state index in [1.165, 1.54) is 7.11 Å². The molecule has 0 bridgehead atoms. The highest BCUT2D eigenvalue weighted by Gasteiger charge is 2.07. The summed E-state index contributed by atoms with van der Waals surface area (Å²) in [7, 11) is 1.38. The van der Waals surface area contributed by atoms with Crippen LogP contribution in [0.25, 0.3) is 5.57 Å². The van der Waals surface area contributed by atoms with E-state index in [2.05, 4.69) is 11.3 Å². The Morgan fingerprint density at radius 2 is 2.21 bits per heavy atom. The van der Waals surface area contributed by atoms with Gasteiger partial charge in [-0.1, -0.05) is 43.0 Å². The first kappa shape index (κ1) is 14.8. The van der Waals surface area contributed by atoms with Crippen LogP contribution in [-0.2, 0) is 16.0 Å². The molecule has 19 heavy (non-hydrogen) atoms. The third-order valence-electron chi connectivity index (χ3n) is 2.77. The van der Waals surface area contributed by atoms with Crippen LogP contribution >= 0.6 is 0 Å². The third-order valence-corrected chi connectivity index (χ3v) is 2.77. The number of nitrogens with two attached hydrogens (primary N) is 1. The predicted octanol–water partition coefficient (Wildman–Crippen LogP) is 2.83. The lowest BCUT2D eigenvalue weighted by Crippen LogP contribution is -2.04. The fraction of sp³-hybridized carbons (Fsp3) is 0.188. The lowest BCUT2D eigenvalue weighted by atomic mass is 9.97. The molecule has 0 saturated carbocycles. The van der Waals surface area contributed by atoms with Crippen LogP contribution in [0.4, 0.5) is 0 Å². The van der Waals surface area contributed by atoms with Gasteiger partial charge in [0.1, 0.15) is 0 Å². The average molecular weight is 257 g/mol. The smallest absolute Gasteiger partial charge is 0.309 e. The van der Waals surface area contributed by atoms with Crippen LogP contribution in [0.1, 0.15) is 18.1 Å². The van der Waals surface area contributed by atoms with Gasteiger partial charge in [-0.25, -0.2) is 0 Å². The maximum Gasteiger partial charge on any atom is 0.309 e. The summed E-state index contributed by atoms with van der Waals surface area (Å²) in [4.78, 5) is 11.3. The fourth-order valence-corrected chi connectivity index (χ4v) is 1.81. The minimum absolute atomic E-state index is 0.256. The van der Waals surface area contributed by atoms with Gasteiger partial charge in [0.05, 0.1) is 13.5 Å². The summed E-state index contributed by atoms with van der Waals surface area (Å²) in [5.74, 6) is -0.256. The van der Waals surface area contributed by atoms with Crippen molar-refractivity contribution >= 4 is 11.5 Å². The molecule has 3 heteroatoms. The summed E-state index contributed by atoms with van der Waals surface area (Å²) >= 11 is 0. The molecule has 0 unspecified atom stereocenters. The first-order chi connectivity index (χ1) is 9.12. The molecule has 0 heterocycles. The predicted molar refractivity (Wildman–Crippen MR) is 78.3 cm³/mol. The van der Waals surface area contributed by atoms with Crippen molar-refractivity contribution in [3.05, 3.63) is 65.9 Å². The molecule has 3 nitrogen and oxygen atoms in total. The highest BCUT2D eigenvalue weighted by Crippen LogP contribution is 2.23. The minimum Gasteiger partial charge on any atom is -0.469 e. The van der Waals surface area contributed by atoms with Gasteiger partial charge in [0.15, 0.2) is 0 Å². The Balaban J connectivity index is 3.07. The summed E-state index contributed by atoms with van der Waals surface area (Å²) in [5.41, 5.74) is 9.50. The number of carbonyl (C=O) groups excluding carboxylic acids is 1. The monoisotopic (exact) mass is 257 g/mol. The van der Waals surface area contributed by atoms with E-state index in [1.54, 1.807) is 12.3 Å². The molecular formula is C16H19NO2. The van der Waals surface area contributed by atoms with Gasteiger partial charge < -0.3 is 10.5 Å². The van der Waals surface area contributed by atoms with Gasteiger partial charge in [-0.05, 0) is 23.6 Å². The van der Waals surface area contributed by atoms with Crippen molar-refractivity contribution < 1.29 is 9.53 Å². The van der Waals surface area contributed by atoms with Gasteiger partial charge >= 0.3 is 5.97 Å². The van der Waals surface area contributed by atoms with E-state index in [-0.39, 0.29) is 12.4 Å². The molecule has 0 fully saturated rings. The number of hydrogen-bond donors (Lipinski definition) is 1. The standard InChI is InChI=1S/C16H19NO2/c1-4-6-12(2)15(11-17)14-8-5-7-13(9-14)10-16(18)19-3/h4-9,11H,1,10,17H2,2-3H3/b12-6-,15-11+. The molecule has 2 N–H and O–H groups in total. The molecule has 1 aromatic rings. The number of benzene rings is 1. The molecule has 0 amide bonds. The molecular weight excluding hydrogens is 238 g/mol. The highest BCUT2D eigenvalue weighted by molar-refractivity contribution is 5.79. The molecule has 0 aromatic heterocycles. The number of carbonyl (C=O) groups is 1. The van der Waals surface area contributed by atoms with Crippen molar-refractivity contribution in [2.24, 2.45) is 5.73 Å². The first-order valence-corrected chi connectivity index (χ1v) is 6.00. The van der Waals surface area contributed by atoms with E-state index in [9.17, 15) is 4.79 Å². The first-order valence-electron chi connectivity index (χ1n) is 6.00. The molecule has 1 aromatic carbocycles. The van der Waals surface area contributed by atoms with Crippen molar-refractivity contribution in [3.63, 3.8) is 0 Å². The molecule has 0 saturated heterocycles. The Labute approximate surface area is 114 Å². The van der Waals surface area contributed by atoms with Gasteiger partial charge in [-0.2, -0.15) is 0 Å². The molecule has 0 atom stereocenters.